The van der Waals surface area contributed by atoms with E-state index < -0.39 is 0 Å². The molecule has 1 saturated carbocycles. The van der Waals surface area contributed by atoms with Crippen LogP contribution in [-0.2, 0) is 4.79 Å². The van der Waals surface area contributed by atoms with Crippen LogP contribution in [0.1, 0.15) is 76.7 Å². The van der Waals surface area contributed by atoms with Gasteiger partial charge in [-0.1, -0.05) is 45.1 Å². The molecule has 0 saturated heterocycles. The van der Waals surface area contributed by atoms with Gasteiger partial charge in [0.05, 0.1) is 11.9 Å². The highest BCUT2D eigenvalue weighted by molar-refractivity contribution is 6.02. The van der Waals surface area contributed by atoms with E-state index in [-0.39, 0.29) is 24.3 Å². The normalized spacial score (nSPS) is 20.6. The number of hydrogen-bond acceptors (Lipinski definition) is 3. The third-order valence-corrected chi connectivity index (χ3v) is 5.41. The first-order valence-corrected chi connectivity index (χ1v) is 10.2. The van der Waals surface area contributed by atoms with Gasteiger partial charge in [0.25, 0.3) is 5.91 Å². The number of allylic oxidation sites excluding steroid dienone is 3. The van der Waals surface area contributed by atoms with Gasteiger partial charge < -0.3 is 10.6 Å². The van der Waals surface area contributed by atoms with E-state index in [4.69, 9.17) is 0 Å². The highest BCUT2D eigenvalue weighted by Gasteiger charge is 2.30. The number of nitrogens with zero attached hydrogens (tertiary/aromatic N) is 1. The minimum atomic E-state index is -0.212. The molecule has 1 aromatic rings. The second-order valence-corrected chi connectivity index (χ2v) is 8.58. The maximum atomic E-state index is 12.6. The van der Waals surface area contributed by atoms with Crippen LogP contribution in [0.5, 0.6) is 0 Å². The van der Waals surface area contributed by atoms with E-state index in [1.807, 2.05) is 31.2 Å². The van der Waals surface area contributed by atoms with Crippen LogP contribution in [-0.4, -0.2) is 28.1 Å². The molecule has 28 heavy (non-hydrogen) atoms. The summed E-state index contributed by atoms with van der Waals surface area (Å²) in [5, 5.41) is 12.5. The Bertz CT molecular complexity index is 704. The summed E-state index contributed by atoms with van der Waals surface area (Å²) in [5.41, 5.74) is 1.05. The van der Waals surface area contributed by atoms with Crippen LogP contribution >= 0.6 is 0 Å². The van der Waals surface area contributed by atoms with Gasteiger partial charge in [0.1, 0.15) is 5.69 Å². The Labute approximate surface area is 168 Å². The van der Waals surface area contributed by atoms with Gasteiger partial charge in [-0.15, -0.1) is 0 Å². The molecule has 0 atom stereocenters. The topological polar surface area (TPSA) is 86.9 Å². The molecule has 1 aliphatic carbocycles. The van der Waals surface area contributed by atoms with Crippen LogP contribution in [0.3, 0.4) is 0 Å². The standard InChI is InChI=1S/C22H34N4O2/c1-5-6-7-8-9-10-19(27)25-18-15-23-26-20(18)21(28)24-17-13-11-16(12-14-17)22(2,3)4/h5-6,8-9,15-17H,7,10-14H2,1-4H3,(H,23,26)(H,24,28)(H,25,27)/b6-5-,9-8-. The van der Waals surface area contributed by atoms with Crippen molar-refractivity contribution in [1.29, 1.82) is 0 Å². The number of rotatable bonds is 7. The van der Waals surface area contributed by atoms with E-state index in [0.717, 1.165) is 32.1 Å². The third-order valence-electron chi connectivity index (χ3n) is 5.41. The number of carbonyl (C=O) groups excluding carboxylic acids is 2. The molecule has 1 fully saturated rings. The molecule has 1 heterocycles. The fourth-order valence-corrected chi connectivity index (χ4v) is 3.62. The van der Waals surface area contributed by atoms with Crippen LogP contribution in [0.4, 0.5) is 5.69 Å². The summed E-state index contributed by atoms with van der Waals surface area (Å²) in [5.74, 6) is 0.317. The Morgan fingerprint density at radius 3 is 2.54 bits per heavy atom. The van der Waals surface area contributed by atoms with Crippen molar-refractivity contribution in [2.45, 2.75) is 72.3 Å². The molecule has 6 heteroatoms. The zero-order chi connectivity index (χ0) is 20.6. The van der Waals surface area contributed by atoms with Gasteiger partial charge in [-0.2, -0.15) is 5.10 Å². The van der Waals surface area contributed by atoms with Crippen LogP contribution in [0.15, 0.2) is 30.5 Å². The molecule has 0 unspecified atom stereocenters. The van der Waals surface area contributed by atoms with Gasteiger partial charge in [-0.3, -0.25) is 14.7 Å². The summed E-state index contributed by atoms with van der Waals surface area (Å²) in [6, 6.07) is 0.174. The van der Waals surface area contributed by atoms with Crippen LogP contribution in [0, 0.1) is 11.3 Å². The van der Waals surface area contributed by atoms with Crippen molar-refractivity contribution in [1.82, 2.24) is 15.5 Å². The van der Waals surface area contributed by atoms with Gasteiger partial charge in [-0.25, -0.2) is 0 Å². The Hall–Kier alpha value is -2.37. The number of aromatic nitrogens is 2. The molecular weight excluding hydrogens is 352 g/mol. The number of carbonyl (C=O) groups is 2. The van der Waals surface area contributed by atoms with Crippen molar-refractivity contribution in [2.75, 3.05) is 5.32 Å². The monoisotopic (exact) mass is 386 g/mol. The first kappa shape index (κ1) is 21.9. The zero-order valence-electron chi connectivity index (χ0n) is 17.5. The van der Waals surface area contributed by atoms with Crippen molar-refractivity contribution in [3.63, 3.8) is 0 Å². The first-order chi connectivity index (χ1) is 13.3. The second-order valence-electron chi connectivity index (χ2n) is 8.58. The molecule has 3 N–H and O–H groups in total. The lowest BCUT2D eigenvalue weighted by Crippen LogP contribution is -2.39. The molecule has 2 rings (SSSR count). The Morgan fingerprint density at radius 1 is 1.18 bits per heavy atom. The highest BCUT2D eigenvalue weighted by atomic mass is 16.2. The molecule has 0 radical (unpaired) electrons. The van der Waals surface area contributed by atoms with Gasteiger partial charge in [0.15, 0.2) is 0 Å². The van der Waals surface area contributed by atoms with Crippen molar-refractivity contribution < 1.29 is 9.59 Å². The van der Waals surface area contributed by atoms with Crippen LogP contribution in [0.2, 0.25) is 0 Å². The number of hydrogen-bond donors (Lipinski definition) is 3. The lowest BCUT2D eigenvalue weighted by molar-refractivity contribution is -0.115. The largest absolute Gasteiger partial charge is 0.348 e. The van der Waals surface area contributed by atoms with E-state index in [9.17, 15) is 9.59 Å². The summed E-state index contributed by atoms with van der Waals surface area (Å²) in [6.07, 6.45) is 14.5. The van der Waals surface area contributed by atoms with E-state index >= 15 is 0 Å². The quantitative estimate of drug-likeness (QED) is 0.599. The molecule has 154 valence electrons. The highest BCUT2D eigenvalue weighted by Crippen LogP contribution is 2.37. The molecule has 0 aliphatic heterocycles. The molecule has 6 nitrogen and oxygen atoms in total. The maximum absolute atomic E-state index is 12.6. The Morgan fingerprint density at radius 2 is 1.89 bits per heavy atom. The second kappa shape index (κ2) is 10.2. The van der Waals surface area contributed by atoms with Crippen molar-refractivity contribution in [3.8, 4) is 0 Å². The van der Waals surface area contributed by atoms with Crippen LogP contribution < -0.4 is 10.6 Å². The number of nitrogens with one attached hydrogen (secondary N) is 3. The molecule has 1 aromatic heterocycles. The summed E-state index contributed by atoms with van der Waals surface area (Å²) < 4.78 is 0. The Kier molecular flexibility index (Phi) is 8.03. The lowest BCUT2D eigenvalue weighted by Gasteiger charge is -2.37. The summed E-state index contributed by atoms with van der Waals surface area (Å²) in [4.78, 5) is 24.7. The number of anilines is 1. The minimum absolute atomic E-state index is 0.169. The third kappa shape index (κ3) is 6.66. The molecule has 2 amide bonds. The molecule has 0 spiro atoms. The average molecular weight is 387 g/mol. The lowest BCUT2D eigenvalue weighted by atomic mass is 9.71. The average Bonchev–Trinajstić information content (AvgIpc) is 3.09. The van der Waals surface area contributed by atoms with E-state index in [0.29, 0.717) is 22.7 Å². The van der Waals surface area contributed by atoms with E-state index in [2.05, 4.69) is 41.6 Å². The predicted octanol–water partition coefficient (Wildman–Crippen LogP) is 4.60. The smallest absolute Gasteiger partial charge is 0.271 e. The molecular formula is C22H34N4O2. The number of H-pyrrole nitrogens is 1. The SMILES string of the molecule is C/C=C\C/C=C\CC(=O)Nc1cn[nH]c1C(=O)NC1CCC(C(C)(C)C)CC1. The predicted molar refractivity (Wildman–Crippen MR) is 113 cm³/mol. The van der Waals surface area contributed by atoms with Gasteiger partial charge in [-0.05, 0) is 50.4 Å². The van der Waals surface area contributed by atoms with Gasteiger partial charge in [0, 0.05) is 12.5 Å². The Balaban J connectivity index is 1.85. The summed E-state index contributed by atoms with van der Waals surface area (Å²) in [7, 11) is 0. The fourth-order valence-electron chi connectivity index (χ4n) is 3.62. The first-order valence-electron chi connectivity index (χ1n) is 10.2. The molecule has 1 aliphatic rings. The van der Waals surface area contributed by atoms with Gasteiger partial charge in [0.2, 0.25) is 5.91 Å². The van der Waals surface area contributed by atoms with Crippen LogP contribution in [0.25, 0.3) is 0 Å². The van der Waals surface area contributed by atoms with Crippen molar-refractivity contribution >= 4 is 17.5 Å². The molecule has 0 aromatic carbocycles. The summed E-state index contributed by atoms with van der Waals surface area (Å²) in [6.45, 7) is 8.81. The maximum Gasteiger partial charge on any atom is 0.271 e. The van der Waals surface area contributed by atoms with Crippen molar-refractivity contribution in [3.05, 3.63) is 36.2 Å². The number of amides is 2. The fraction of sp³-hybridized carbons (Fsp3) is 0.591. The zero-order valence-corrected chi connectivity index (χ0v) is 17.5. The number of aromatic amines is 1. The van der Waals surface area contributed by atoms with E-state index in [1.165, 1.54) is 6.20 Å². The minimum Gasteiger partial charge on any atom is -0.348 e. The molecule has 0 bridgehead atoms. The van der Waals surface area contributed by atoms with Gasteiger partial charge >= 0.3 is 0 Å². The summed E-state index contributed by atoms with van der Waals surface area (Å²) >= 11 is 0. The van der Waals surface area contributed by atoms with E-state index in [1.54, 1.807) is 0 Å². The van der Waals surface area contributed by atoms with Crippen molar-refractivity contribution in [2.24, 2.45) is 11.3 Å².